The lowest BCUT2D eigenvalue weighted by Gasteiger charge is -2.19. The minimum atomic E-state index is 0.284. The van der Waals surface area contributed by atoms with Crippen LogP contribution in [-0.2, 0) is 11.3 Å². The van der Waals surface area contributed by atoms with Gasteiger partial charge in [0.15, 0.2) is 5.82 Å². The van der Waals surface area contributed by atoms with Crippen LogP contribution in [0.4, 0.5) is 5.82 Å². The number of rotatable bonds is 6. The summed E-state index contributed by atoms with van der Waals surface area (Å²) in [4.78, 5) is 10.5. The molecule has 1 unspecified atom stereocenters. The van der Waals surface area contributed by atoms with E-state index >= 15 is 0 Å². The van der Waals surface area contributed by atoms with Crippen molar-refractivity contribution in [2.24, 2.45) is 0 Å². The standard InChI is InChI=1S/C11H19ClN4O/c1-8(6-16(2)3)13-10-5-9(12)14-11(15-10)7-17-4/h5,8H,6-7H2,1-4H3,(H,13,14,15). The van der Waals surface area contributed by atoms with Crippen LogP contribution in [0, 0.1) is 0 Å². The predicted molar refractivity (Wildman–Crippen MR) is 69.4 cm³/mol. The molecule has 0 saturated carbocycles. The van der Waals surface area contributed by atoms with E-state index in [1.54, 1.807) is 13.2 Å². The zero-order valence-electron chi connectivity index (χ0n) is 10.7. The Bertz CT molecular complexity index is 359. The van der Waals surface area contributed by atoms with E-state index in [4.69, 9.17) is 16.3 Å². The van der Waals surface area contributed by atoms with E-state index in [9.17, 15) is 0 Å². The number of ether oxygens (including phenoxy) is 1. The van der Waals surface area contributed by atoms with Gasteiger partial charge in [0, 0.05) is 25.8 Å². The van der Waals surface area contributed by atoms with Gasteiger partial charge in [-0.2, -0.15) is 0 Å². The summed E-state index contributed by atoms with van der Waals surface area (Å²) in [7, 11) is 5.66. The van der Waals surface area contributed by atoms with Gasteiger partial charge < -0.3 is 15.0 Å². The van der Waals surface area contributed by atoms with Gasteiger partial charge >= 0.3 is 0 Å². The van der Waals surface area contributed by atoms with Crippen molar-refractivity contribution in [1.82, 2.24) is 14.9 Å². The van der Waals surface area contributed by atoms with Crippen LogP contribution in [0.2, 0.25) is 5.15 Å². The second-order valence-corrected chi connectivity index (χ2v) is 4.62. The number of nitrogens with one attached hydrogen (secondary N) is 1. The SMILES string of the molecule is COCc1nc(Cl)cc(NC(C)CN(C)C)n1. The summed E-state index contributed by atoms with van der Waals surface area (Å²) in [6.45, 7) is 3.37. The summed E-state index contributed by atoms with van der Waals surface area (Å²) >= 11 is 5.92. The highest BCUT2D eigenvalue weighted by Crippen LogP contribution is 2.13. The Balaban J connectivity index is 2.69. The molecule has 0 bridgehead atoms. The van der Waals surface area contributed by atoms with Crippen molar-refractivity contribution in [3.8, 4) is 0 Å². The summed E-state index contributed by atoms with van der Waals surface area (Å²) in [6.07, 6.45) is 0. The predicted octanol–water partition coefficient (Wildman–Crippen LogP) is 1.64. The number of likely N-dealkylation sites (N-methyl/N-ethyl adjacent to an activating group) is 1. The number of aromatic nitrogens is 2. The van der Waals surface area contributed by atoms with Gasteiger partial charge in [-0.3, -0.25) is 0 Å². The molecule has 0 amide bonds. The van der Waals surface area contributed by atoms with Gasteiger partial charge in [-0.05, 0) is 21.0 Å². The molecule has 96 valence electrons. The maximum atomic E-state index is 5.92. The second kappa shape index (κ2) is 6.74. The number of anilines is 1. The molecule has 1 aromatic rings. The Morgan fingerprint density at radius 1 is 1.47 bits per heavy atom. The van der Waals surface area contributed by atoms with Crippen LogP contribution in [-0.4, -0.2) is 48.7 Å². The Morgan fingerprint density at radius 3 is 2.76 bits per heavy atom. The molecule has 6 heteroatoms. The van der Waals surface area contributed by atoms with E-state index in [1.165, 1.54) is 0 Å². The second-order valence-electron chi connectivity index (χ2n) is 4.23. The first-order valence-electron chi connectivity index (χ1n) is 5.45. The van der Waals surface area contributed by atoms with E-state index in [1.807, 2.05) is 14.1 Å². The molecular weight excluding hydrogens is 240 g/mol. The van der Waals surface area contributed by atoms with E-state index in [-0.39, 0.29) is 6.04 Å². The third kappa shape index (κ3) is 5.30. The van der Waals surface area contributed by atoms with E-state index in [0.29, 0.717) is 17.6 Å². The normalized spacial score (nSPS) is 12.8. The smallest absolute Gasteiger partial charge is 0.158 e. The molecule has 1 heterocycles. The van der Waals surface area contributed by atoms with Crippen LogP contribution in [0.25, 0.3) is 0 Å². The average Bonchev–Trinajstić information content (AvgIpc) is 2.14. The molecule has 17 heavy (non-hydrogen) atoms. The van der Waals surface area contributed by atoms with Crippen molar-refractivity contribution in [3.05, 3.63) is 17.0 Å². The summed E-state index contributed by atoms with van der Waals surface area (Å²) in [6, 6.07) is 2.00. The fraction of sp³-hybridized carbons (Fsp3) is 0.636. The largest absolute Gasteiger partial charge is 0.377 e. The third-order valence-corrected chi connectivity index (χ3v) is 2.24. The summed E-state index contributed by atoms with van der Waals surface area (Å²) < 4.78 is 4.99. The van der Waals surface area contributed by atoms with Crippen LogP contribution >= 0.6 is 11.6 Å². The van der Waals surface area contributed by atoms with Crippen molar-refractivity contribution >= 4 is 17.4 Å². The molecule has 1 N–H and O–H groups in total. The molecule has 0 aliphatic carbocycles. The number of halogens is 1. The van der Waals surface area contributed by atoms with Gasteiger partial charge in [0.2, 0.25) is 0 Å². The molecule has 0 fully saturated rings. The molecule has 1 aromatic heterocycles. The molecule has 1 atom stereocenters. The molecule has 0 spiro atoms. The van der Waals surface area contributed by atoms with Gasteiger partial charge in [0.25, 0.3) is 0 Å². The lowest BCUT2D eigenvalue weighted by molar-refractivity contribution is 0.178. The summed E-state index contributed by atoms with van der Waals surface area (Å²) in [5.74, 6) is 1.31. The van der Waals surface area contributed by atoms with Gasteiger partial charge in [0.05, 0.1) is 0 Å². The lowest BCUT2D eigenvalue weighted by atomic mass is 10.3. The first-order chi connectivity index (χ1) is 8.01. The van der Waals surface area contributed by atoms with Crippen LogP contribution in [0.15, 0.2) is 6.07 Å². The molecule has 0 aromatic carbocycles. The Morgan fingerprint density at radius 2 is 2.18 bits per heavy atom. The molecule has 0 saturated heterocycles. The van der Waals surface area contributed by atoms with Gasteiger partial charge in [-0.25, -0.2) is 9.97 Å². The van der Waals surface area contributed by atoms with Crippen LogP contribution in [0.3, 0.4) is 0 Å². The maximum absolute atomic E-state index is 5.92. The third-order valence-electron chi connectivity index (χ3n) is 2.05. The average molecular weight is 259 g/mol. The van der Waals surface area contributed by atoms with Crippen molar-refractivity contribution in [3.63, 3.8) is 0 Å². The fourth-order valence-corrected chi connectivity index (χ4v) is 1.78. The minimum Gasteiger partial charge on any atom is -0.377 e. The highest BCUT2D eigenvalue weighted by atomic mass is 35.5. The van der Waals surface area contributed by atoms with Crippen LogP contribution in [0.1, 0.15) is 12.7 Å². The quantitative estimate of drug-likeness (QED) is 0.786. The van der Waals surface area contributed by atoms with Crippen LogP contribution < -0.4 is 5.32 Å². The number of hydrogen-bond donors (Lipinski definition) is 1. The highest BCUT2D eigenvalue weighted by molar-refractivity contribution is 6.29. The van der Waals surface area contributed by atoms with E-state index < -0.39 is 0 Å². The van der Waals surface area contributed by atoms with Crippen molar-refractivity contribution in [1.29, 1.82) is 0 Å². The maximum Gasteiger partial charge on any atom is 0.158 e. The topological polar surface area (TPSA) is 50.3 Å². The summed E-state index contributed by atoms with van der Waals surface area (Å²) in [5.41, 5.74) is 0. The molecule has 0 radical (unpaired) electrons. The Kier molecular flexibility index (Phi) is 5.61. The Hall–Kier alpha value is -0.910. The number of methoxy groups -OCH3 is 1. The minimum absolute atomic E-state index is 0.284. The van der Waals surface area contributed by atoms with Crippen molar-refractivity contribution in [2.45, 2.75) is 19.6 Å². The monoisotopic (exact) mass is 258 g/mol. The molecular formula is C11H19ClN4O. The molecule has 1 rings (SSSR count). The zero-order chi connectivity index (χ0) is 12.8. The molecule has 0 aliphatic rings. The highest BCUT2D eigenvalue weighted by Gasteiger charge is 2.07. The van der Waals surface area contributed by atoms with E-state index in [0.717, 1.165) is 12.4 Å². The van der Waals surface area contributed by atoms with E-state index in [2.05, 4.69) is 27.1 Å². The van der Waals surface area contributed by atoms with Crippen LogP contribution in [0.5, 0.6) is 0 Å². The first kappa shape index (κ1) is 14.2. The van der Waals surface area contributed by atoms with Gasteiger partial charge in [-0.15, -0.1) is 0 Å². The molecule has 0 aliphatic heterocycles. The van der Waals surface area contributed by atoms with Gasteiger partial charge in [0.1, 0.15) is 17.6 Å². The molecule has 5 nitrogen and oxygen atoms in total. The number of nitrogens with zero attached hydrogens (tertiary/aromatic N) is 3. The zero-order valence-corrected chi connectivity index (χ0v) is 11.5. The number of hydrogen-bond acceptors (Lipinski definition) is 5. The van der Waals surface area contributed by atoms with Crippen molar-refractivity contribution < 1.29 is 4.74 Å². The fourth-order valence-electron chi connectivity index (χ4n) is 1.58. The Labute approximate surface area is 107 Å². The van der Waals surface area contributed by atoms with Gasteiger partial charge in [-0.1, -0.05) is 11.6 Å². The lowest BCUT2D eigenvalue weighted by Crippen LogP contribution is -2.30. The first-order valence-corrected chi connectivity index (χ1v) is 5.82. The summed E-state index contributed by atoms with van der Waals surface area (Å²) in [5, 5.41) is 3.70. The van der Waals surface area contributed by atoms with Crippen molar-refractivity contribution in [2.75, 3.05) is 33.1 Å².